The van der Waals surface area contributed by atoms with Gasteiger partial charge in [0.1, 0.15) is 6.07 Å². The lowest BCUT2D eigenvalue weighted by Gasteiger charge is -2.14. The van der Waals surface area contributed by atoms with Gasteiger partial charge in [-0.15, -0.1) is 0 Å². The second-order valence-corrected chi connectivity index (χ2v) is 12.6. The van der Waals surface area contributed by atoms with Crippen LogP contribution in [0.1, 0.15) is 5.56 Å². The number of nitriles is 1. The van der Waals surface area contributed by atoms with E-state index >= 15 is 0 Å². The molecule has 4 heteroatoms. The Balaban J connectivity index is 1.28. The van der Waals surface area contributed by atoms with Gasteiger partial charge in [0, 0.05) is 27.5 Å². The van der Waals surface area contributed by atoms with E-state index in [-0.39, 0.29) is 0 Å². The number of fused-ring (bicyclic) bond motifs is 3. The summed E-state index contributed by atoms with van der Waals surface area (Å²) in [6.07, 6.45) is 0. The van der Waals surface area contributed by atoms with Crippen molar-refractivity contribution in [2.45, 2.75) is 0 Å². The van der Waals surface area contributed by atoms with Crippen LogP contribution in [0.2, 0.25) is 0 Å². The zero-order chi connectivity index (χ0) is 34.1. The summed E-state index contributed by atoms with van der Waals surface area (Å²) in [6.45, 7) is 0. The number of aromatic nitrogens is 3. The smallest absolute Gasteiger partial charge is 0.160 e. The number of rotatable bonds is 6. The van der Waals surface area contributed by atoms with Gasteiger partial charge in [0.05, 0.1) is 33.7 Å². The summed E-state index contributed by atoms with van der Waals surface area (Å²) < 4.78 is 2.22. The Labute approximate surface area is 296 Å². The van der Waals surface area contributed by atoms with Crippen molar-refractivity contribution in [3.8, 4) is 67.9 Å². The van der Waals surface area contributed by atoms with Crippen LogP contribution < -0.4 is 0 Å². The molecular formula is C47H30N4. The van der Waals surface area contributed by atoms with E-state index in [1.165, 1.54) is 0 Å². The van der Waals surface area contributed by atoms with Crippen LogP contribution >= 0.6 is 0 Å². The van der Waals surface area contributed by atoms with Gasteiger partial charge < -0.3 is 4.57 Å². The minimum atomic E-state index is 0.569. The number of hydrogen-bond donors (Lipinski definition) is 0. The summed E-state index contributed by atoms with van der Waals surface area (Å²) in [7, 11) is 0. The highest BCUT2D eigenvalue weighted by Gasteiger charge is 2.19. The Kier molecular flexibility index (Phi) is 7.50. The molecule has 0 aliphatic carbocycles. The maximum atomic E-state index is 10.5. The summed E-state index contributed by atoms with van der Waals surface area (Å²) in [5.41, 5.74) is 12.5. The first-order chi connectivity index (χ1) is 25.2. The SMILES string of the molecule is N#Cc1ccc(-c2nc(-c3ccccc3)cc(-c3ccccc3)n2)cc1-n1c2ccc(-c3ccccc3)cc2c2cc(-c3ccccc3)ccc21. The van der Waals surface area contributed by atoms with E-state index in [2.05, 4.69) is 126 Å². The molecule has 0 radical (unpaired) electrons. The fourth-order valence-corrected chi connectivity index (χ4v) is 6.94. The Morgan fingerprint density at radius 1 is 0.392 bits per heavy atom. The molecule has 0 amide bonds. The molecule has 0 saturated carbocycles. The third-order valence-electron chi connectivity index (χ3n) is 9.46. The Morgan fingerprint density at radius 3 is 1.27 bits per heavy atom. The van der Waals surface area contributed by atoms with Crippen LogP contribution in [0.5, 0.6) is 0 Å². The largest absolute Gasteiger partial charge is 0.308 e. The van der Waals surface area contributed by atoms with Gasteiger partial charge in [-0.2, -0.15) is 5.26 Å². The van der Waals surface area contributed by atoms with Crippen molar-refractivity contribution in [2.24, 2.45) is 0 Å². The minimum absolute atomic E-state index is 0.569. The zero-order valence-electron chi connectivity index (χ0n) is 27.6. The molecule has 2 heterocycles. The Hall–Kier alpha value is -7.09. The normalized spacial score (nSPS) is 11.1. The maximum Gasteiger partial charge on any atom is 0.160 e. The Bertz CT molecular complexity index is 2570. The van der Waals surface area contributed by atoms with Gasteiger partial charge in [-0.25, -0.2) is 9.97 Å². The van der Waals surface area contributed by atoms with Crippen molar-refractivity contribution in [3.63, 3.8) is 0 Å². The van der Waals surface area contributed by atoms with Gasteiger partial charge >= 0.3 is 0 Å². The van der Waals surface area contributed by atoms with E-state index in [4.69, 9.17) is 9.97 Å². The molecule has 7 aromatic carbocycles. The van der Waals surface area contributed by atoms with Crippen LogP contribution in [-0.2, 0) is 0 Å². The van der Waals surface area contributed by atoms with Crippen LogP contribution in [0.4, 0.5) is 0 Å². The standard InChI is InChI=1S/C47H30N4/c48-31-39-22-21-38(47-49-42(34-17-9-3-10-18-34)30-43(50-47)35-19-11-4-12-20-35)29-46(39)51-44-25-23-36(32-13-5-1-6-14-32)27-40(44)41-28-37(24-26-45(41)51)33-15-7-2-8-16-33/h1-30H. The maximum absolute atomic E-state index is 10.5. The highest BCUT2D eigenvalue weighted by atomic mass is 15.0. The average molecular weight is 651 g/mol. The topological polar surface area (TPSA) is 54.5 Å². The monoisotopic (exact) mass is 650 g/mol. The van der Waals surface area contributed by atoms with Gasteiger partial charge in [-0.1, -0.05) is 133 Å². The second-order valence-electron chi connectivity index (χ2n) is 12.6. The summed E-state index contributed by atoms with van der Waals surface area (Å²) in [5.74, 6) is 0.597. The van der Waals surface area contributed by atoms with Crippen molar-refractivity contribution in [3.05, 3.63) is 188 Å². The van der Waals surface area contributed by atoms with Crippen molar-refractivity contribution in [2.75, 3.05) is 0 Å². The van der Waals surface area contributed by atoms with Gasteiger partial charge in [-0.3, -0.25) is 0 Å². The minimum Gasteiger partial charge on any atom is -0.308 e. The average Bonchev–Trinajstić information content (AvgIpc) is 3.54. The van der Waals surface area contributed by atoms with Gasteiger partial charge in [0.15, 0.2) is 5.82 Å². The predicted molar refractivity (Wildman–Crippen MR) is 208 cm³/mol. The van der Waals surface area contributed by atoms with Gasteiger partial charge in [0.2, 0.25) is 0 Å². The molecular weight excluding hydrogens is 621 g/mol. The first-order valence-electron chi connectivity index (χ1n) is 17.0. The first kappa shape index (κ1) is 30.0. The molecule has 0 aliphatic rings. The fraction of sp³-hybridized carbons (Fsp3) is 0. The van der Waals surface area contributed by atoms with E-state index in [9.17, 15) is 5.26 Å². The molecule has 51 heavy (non-hydrogen) atoms. The highest BCUT2D eigenvalue weighted by Crippen LogP contribution is 2.39. The second kappa shape index (κ2) is 12.7. The van der Waals surface area contributed by atoms with Crippen molar-refractivity contribution >= 4 is 21.8 Å². The molecule has 0 N–H and O–H groups in total. The van der Waals surface area contributed by atoms with E-state index in [1.54, 1.807) is 0 Å². The third-order valence-corrected chi connectivity index (χ3v) is 9.46. The van der Waals surface area contributed by atoms with E-state index in [0.717, 1.165) is 77.8 Å². The molecule has 0 fully saturated rings. The number of nitrogens with zero attached hydrogens (tertiary/aromatic N) is 4. The number of benzene rings is 7. The molecule has 9 rings (SSSR count). The van der Waals surface area contributed by atoms with Crippen LogP contribution in [0.3, 0.4) is 0 Å². The summed E-state index contributed by atoms with van der Waals surface area (Å²) in [5, 5.41) is 12.7. The Morgan fingerprint density at radius 2 is 0.824 bits per heavy atom. The van der Waals surface area contributed by atoms with Crippen LogP contribution in [0, 0.1) is 11.3 Å². The fourth-order valence-electron chi connectivity index (χ4n) is 6.94. The molecule has 2 aromatic heterocycles. The molecule has 0 saturated heterocycles. The molecule has 0 aliphatic heterocycles. The predicted octanol–water partition coefficient (Wildman–Crippen LogP) is 11.8. The van der Waals surface area contributed by atoms with E-state index in [0.29, 0.717) is 11.4 Å². The molecule has 9 aromatic rings. The molecule has 0 spiro atoms. The summed E-state index contributed by atoms with van der Waals surface area (Å²) in [6, 6.07) is 64.9. The van der Waals surface area contributed by atoms with Gasteiger partial charge in [0.25, 0.3) is 0 Å². The van der Waals surface area contributed by atoms with Gasteiger partial charge in [-0.05, 0) is 70.8 Å². The molecule has 0 atom stereocenters. The van der Waals surface area contributed by atoms with E-state index in [1.807, 2.05) is 66.7 Å². The number of hydrogen-bond acceptors (Lipinski definition) is 3. The third kappa shape index (κ3) is 5.53. The van der Waals surface area contributed by atoms with Crippen LogP contribution in [0.25, 0.3) is 83.6 Å². The zero-order valence-corrected chi connectivity index (χ0v) is 27.6. The summed E-state index contributed by atoms with van der Waals surface area (Å²) in [4.78, 5) is 10.2. The lowest BCUT2D eigenvalue weighted by molar-refractivity contribution is 1.15. The van der Waals surface area contributed by atoms with Crippen molar-refractivity contribution in [1.29, 1.82) is 5.26 Å². The van der Waals surface area contributed by atoms with Crippen molar-refractivity contribution in [1.82, 2.24) is 14.5 Å². The first-order valence-corrected chi connectivity index (χ1v) is 17.0. The molecule has 0 unspecified atom stereocenters. The molecule has 4 nitrogen and oxygen atoms in total. The lowest BCUT2D eigenvalue weighted by atomic mass is 10.0. The van der Waals surface area contributed by atoms with Crippen LogP contribution in [0.15, 0.2) is 182 Å². The van der Waals surface area contributed by atoms with E-state index < -0.39 is 0 Å². The highest BCUT2D eigenvalue weighted by molar-refractivity contribution is 6.12. The summed E-state index contributed by atoms with van der Waals surface area (Å²) >= 11 is 0. The van der Waals surface area contributed by atoms with Crippen LogP contribution in [-0.4, -0.2) is 14.5 Å². The molecule has 0 bridgehead atoms. The van der Waals surface area contributed by atoms with Crippen molar-refractivity contribution < 1.29 is 0 Å². The lowest BCUT2D eigenvalue weighted by Crippen LogP contribution is -2.00. The molecule has 238 valence electrons. The quantitative estimate of drug-likeness (QED) is 0.180.